The lowest BCUT2D eigenvalue weighted by atomic mass is 9.49. The number of ether oxygens (including phenoxy) is 2. The van der Waals surface area contributed by atoms with E-state index in [-0.39, 0.29) is 41.9 Å². The monoisotopic (exact) mass is 701 g/mol. The van der Waals surface area contributed by atoms with E-state index < -0.39 is 58.2 Å². The quantitative estimate of drug-likeness (QED) is 0.238. The second-order valence-electron chi connectivity index (χ2n) is 14.3. The molecule has 4 aliphatic rings. The molecule has 10 nitrogen and oxygen atoms in total. The molecule has 6 unspecified atom stereocenters. The standard InChI is InChI=1S/C38H37ClFN3O7/c1-37(2,3)42-33(45)25-15-14-24-26(30(25)35(42)47)18-27-34(46)43(41-22-12-10-21(40)11-13-22)36(48)38(27,19-6-8-20(39)9-7-19)32(24)31-28(49-4)16-23(44)17-29(31)50-5/h6-14,16-17,25-27,30,32,41,44H,15,18H2,1-5H3. The van der Waals surface area contributed by atoms with Crippen LogP contribution in [0.25, 0.3) is 0 Å². The Bertz CT molecular complexity index is 1930. The van der Waals surface area contributed by atoms with Gasteiger partial charge in [0.1, 0.15) is 23.1 Å². The lowest BCUT2D eigenvalue weighted by Gasteiger charge is -2.51. The zero-order valence-electron chi connectivity index (χ0n) is 28.2. The van der Waals surface area contributed by atoms with Crippen molar-refractivity contribution in [2.45, 2.75) is 50.5 Å². The third kappa shape index (κ3) is 4.80. The van der Waals surface area contributed by atoms with Crippen LogP contribution in [0.2, 0.25) is 5.02 Å². The molecule has 2 N–H and O–H groups in total. The highest BCUT2D eigenvalue weighted by Gasteiger charge is 2.71. The number of fused-ring (bicyclic) bond motifs is 4. The maximum absolute atomic E-state index is 15.3. The molecule has 0 aromatic heterocycles. The maximum Gasteiger partial charge on any atom is 0.260 e. The molecule has 260 valence electrons. The van der Waals surface area contributed by atoms with Crippen LogP contribution in [0.3, 0.4) is 0 Å². The highest BCUT2D eigenvalue weighted by atomic mass is 35.5. The summed E-state index contributed by atoms with van der Waals surface area (Å²) in [5.41, 5.74) is 2.41. The first-order valence-corrected chi connectivity index (χ1v) is 16.8. The van der Waals surface area contributed by atoms with E-state index >= 15 is 4.79 Å². The Balaban J connectivity index is 1.52. The van der Waals surface area contributed by atoms with Gasteiger partial charge in [0.25, 0.3) is 11.8 Å². The molecule has 0 bridgehead atoms. The van der Waals surface area contributed by atoms with Gasteiger partial charge in [0.2, 0.25) is 11.8 Å². The van der Waals surface area contributed by atoms with Crippen molar-refractivity contribution >= 4 is 40.9 Å². The fraction of sp³-hybridized carbons (Fsp3) is 0.368. The third-order valence-corrected chi connectivity index (χ3v) is 11.0. The van der Waals surface area contributed by atoms with Crippen molar-refractivity contribution in [1.29, 1.82) is 0 Å². The lowest BCUT2D eigenvalue weighted by molar-refractivity contribution is -0.146. The van der Waals surface area contributed by atoms with Gasteiger partial charge in [0.05, 0.1) is 43.1 Å². The van der Waals surface area contributed by atoms with E-state index in [9.17, 15) is 23.9 Å². The van der Waals surface area contributed by atoms with Gasteiger partial charge in [-0.3, -0.25) is 29.5 Å². The Labute approximate surface area is 293 Å². The van der Waals surface area contributed by atoms with E-state index in [1.165, 1.54) is 55.5 Å². The Morgan fingerprint density at radius 3 is 2.10 bits per heavy atom. The number of allylic oxidation sites excluding steroid dienone is 2. The summed E-state index contributed by atoms with van der Waals surface area (Å²) >= 11 is 6.36. The number of aromatic hydroxyl groups is 1. The number of hydrazine groups is 1. The molecule has 3 aromatic rings. The van der Waals surface area contributed by atoms with Crippen molar-refractivity contribution in [2.75, 3.05) is 19.6 Å². The molecule has 3 aromatic carbocycles. The number of phenolic OH excluding ortho intramolecular Hbond substituents is 1. The Hall–Kier alpha value is -4.90. The van der Waals surface area contributed by atoms with Crippen LogP contribution >= 0.6 is 11.6 Å². The molecule has 1 saturated carbocycles. The molecule has 2 aliphatic carbocycles. The summed E-state index contributed by atoms with van der Waals surface area (Å²) in [6.45, 7) is 5.44. The van der Waals surface area contributed by atoms with Gasteiger partial charge in [-0.1, -0.05) is 35.4 Å². The highest BCUT2D eigenvalue weighted by molar-refractivity contribution is 6.30. The van der Waals surface area contributed by atoms with Crippen LogP contribution < -0.4 is 14.9 Å². The lowest BCUT2D eigenvalue weighted by Crippen LogP contribution is -2.53. The van der Waals surface area contributed by atoms with Crippen molar-refractivity contribution in [1.82, 2.24) is 9.91 Å². The SMILES string of the molecule is COc1cc(O)cc(OC)c1C1C2=CCC3C(=O)N(C(C)(C)C)C(=O)C3C2CC2C(=O)N(Nc3ccc(F)cc3)C(=O)C21c1ccc(Cl)cc1. The first kappa shape index (κ1) is 33.6. The maximum atomic E-state index is 15.3. The molecule has 4 amide bonds. The van der Waals surface area contributed by atoms with Gasteiger partial charge >= 0.3 is 0 Å². The van der Waals surface area contributed by atoms with E-state index in [1.807, 2.05) is 26.8 Å². The molecule has 6 atom stereocenters. The normalized spacial score (nSPS) is 27.5. The summed E-state index contributed by atoms with van der Waals surface area (Å²) < 4.78 is 25.6. The first-order chi connectivity index (χ1) is 23.7. The van der Waals surface area contributed by atoms with Crippen LogP contribution in [0.4, 0.5) is 10.1 Å². The molecule has 3 fully saturated rings. The van der Waals surface area contributed by atoms with E-state index in [4.69, 9.17) is 21.1 Å². The molecule has 12 heteroatoms. The van der Waals surface area contributed by atoms with Crippen molar-refractivity contribution in [3.63, 3.8) is 0 Å². The minimum Gasteiger partial charge on any atom is -0.508 e. The number of phenols is 1. The van der Waals surface area contributed by atoms with Gasteiger partial charge in [0, 0.05) is 34.2 Å². The minimum atomic E-state index is -1.64. The fourth-order valence-corrected chi connectivity index (χ4v) is 8.97. The Kier molecular flexibility index (Phi) is 7.97. The number of nitrogens with one attached hydrogen (secondary N) is 1. The summed E-state index contributed by atoms with van der Waals surface area (Å²) in [5.74, 6) is -5.98. The number of hydrogen-bond donors (Lipinski definition) is 2. The number of imide groups is 2. The van der Waals surface area contributed by atoms with Crippen LogP contribution in [0, 0.1) is 29.5 Å². The summed E-state index contributed by atoms with van der Waals surface area (Å²) in [7, 11) is 2.86. The number of carbonyl (C=O) groups is 4. The van der Waals surface area contributed by atoms with Crippen LogP contribution in [-0.4, -0.2) is 58.4 Å². The average molecular weight is 702 g/mol. The smallest absolute Gasteiger partial charge is 0.260 e. The Morgan fingerprint density at radius 1 is 0.900 bits per heavy atom. The average Bonchev–Trinajstić information content (AvgIpc) is 3.46. The van der Waals surface area contributed by atoms with Crippen LogP contribution in [0.15, 0.2) is 72.3 Å². The fourth-order valence-electron chi connectivity index (χ4n) is 8.84. The summed E-state index contributed by atoms with van der Waals surface area (Å²) in [4.78, 5) is 59.6. The molecular weight excluding hydrogens is 665 g/mol. The minimum absolute atomic E-state index is 0.0814. The summed E-state index contributed by atoms with van der Waals surface area (Å²) in [5, 5.41) is 12.1. The number of likely N-dealkylation sites (tertiary alicyclic amines) is 1. The van der Waals surface area contributed by atoms with E-state index in [1.54, 1.807) is 24.3 Å². The van der Waals surface area contributed by atoms with Crippen molar-refractivity contribution < 1.29 is 38.1 Å². The van der Waals surface area contributed by atoms with Gasteiger partial charge < -0.3 is 14.6 Å². The predicted octanol–water partition coefficient (Wildman–Crippen LogP) is 5.99. The van der Waals surface area contributed by atoms with E-state index in [2.05, 4.69) is 5.43 Å². The molecule has 50 heavy (non-hydrogen) atoms. The molecule has 7 rings (SSSR count). The number of nitrogens with zero attached hydrogens (tertiary/aromatic N) is 2. The largest absolute Gasteiger partial charge is 0.508 e. The number of hydrogen-bond acceptors (Lipinski definition) is 8. The van der Waals surface area contributed by atoms with Crippen molar-refractivity contribution in [2.24, 2.45) is 23.7 Å². The molecule has 2 heterocycles. The van der Waals surface area contributed by atoms with Crippen LogP contribution in [0.5, 0.6) is 17.2 Å². The predicted molar refractivity (Wildman–Crippen MR) is 182 cm³/mol. The zero-order valence-corrected chi connectivity index (χ0v) is 29.0. The molecule has 2 saturated heterocycles. The third-order valence-electron chi connectivity index (χ3n) is 10.7. The van der Waals surface area contributed by atoms with Gasteiger partial charge in [-0.2, -0.15) is 5.01 Å². The van der Waals surface area contributed by atoms with E-state index in [0.717, 1.165) is 5.01 Å². The number of methoxy groups -OCH3 is 2. The van der Waals surface area contributed by atoms with E-state index in [0.29, 0.717) is 27.4 Å². The summed E-state index contributed by atoms with van der Waals surface area (Å²) in [6.07, 6.45) is 2.26. The number of rotatable bonds is 6. The summed E-state index contributed by atoms with van der Waals surface area (Å²) in [6, 6.07) is 14.8. The van der Waals surface area contributed by atoms with Gasteiger partial charge in [-0.25, -0.2) is 4.39 Å². The molecule has 2 aliphatic heterocycles. The number of benzene rings is 3. The van der Waals surface area contributed by atoms with Crippen LogP contribution in [-0.2, 0) is 24.6 Å². The highest BCUT2D eigenvalue weighted by Crippen LogP contribution is 2.66. The number of halogens is 2. The van der Waals surface area contributed by atoms with Crippen molar-refractivity contribution in [3.05, 3.63) is 94.3 Å². The second-order valence-corrected chi connectivity index (χ2v) is 14.8. The molecule has 0 spiro atoms. The van der Waals surface area contributed by atoms with Crippen molar-refractivity contribution in [3.8, 4) is 17.2 Å². The molecule has 0 radical (unpaired) electrons. The second kappa shape index (κ2) is 11.9. The Morgan fingerprint density at radius 2 is 1.52 bits per heavy atom. The van der Waals surface area contributed by atoms with Crippen LogP contribution in [0.1, 0.15) is 50.7 Å². The van der Waals surface area contributed by atoms with Gasteiger partial charge in [0.15, 0.2) is 0 Å². The van der Waals surface area contributed by atoms with Gasteiger partial charge in [-0.05, 0) is 81.5 Å². The van der Waals surface area contributed by atoms with Gasteiger partial charge in [-0.15, -0.1) is 0 Å². The topological polar surface area (TPSA) is 125 Å². The first-order valence-electron chi connectivity index (χ1n) is 16.4. The zero-order chi connectivity index (χ0) is 35.9. The number of carbonyl (C=O) groups excluding carboxylic acids is 4. The number of amides is 4. The molecular formula is C38H37ClFN3O7. The number of anilines is 1.